The van der Waals surface area contributed by atoms with E-state index in [9.17, 15) is 14.4 Å². The number of amides is 4. The van der Waals surface area contributed by atoms with E-state index in [2.05, 4.69) is 20.9 Å². The minimum absolute atomic E-state index is 0.0410. The molecule has 4 amide bonds. The van der Waals surface area contributed by atoms with E-state index in [-0.39, 0.29) is 18.0 Å². The van der Waals surface area contributed by atoms with Crippen molar-refractivity contribution in [2.45, 2.75) is 19.0 Å². The van der Waals surface area contributed by atoms with Crippen LogP contribution in [0.3, 0.4) is 0 Å². The maximum atomic E-state index is 12.7. The second-order valence-corrected chi connectivity index (χ2v) is 6.97. The van der Waals surface area contributed by atoms with E-state index in [1.807, 2.05) is 18.2 Å². The zero-order valence-corrected chi connectivity index (χ0v) is 15.2. The first kappa shape index (κ1) is 17.8. The molecule has 2 heterocycles. The molecule has 144 valence electrons. The van der Waals surface area contributed by atoms with E-state index in [1.54, 1.807) is 24.3 Å². The maximum Gasteiger partial charge on any atom is 0.319 e. The summed E-state index contributed by atoms with van der Waals surface area (Å²) in [5.41, 5.74) is 8.82. The normalized spacial score (nSPS) is 18.1. The predicted octanol–water partition coefficient (Wildman–Crippen LogP) is 1.43. The van der Waals surface area contributed by atoms with Crippen LogP contribution in [0.4, 0.5) is 16.2 Å². The molecule has 1 saturated heterocycles. The van der Waals surface area contributed by atoms with Gasteiger partial charge in [-0.05, 0) is 36.2 Å². The van der Waals surface area contributed by atoms with Crippen LogP contribution >= 0.6 is 0 Å². The smallest absolute Gasteiger partial charge is 0.319 e. The third-order valence-corrected chi connectivity index (χ3v) is 5.09. The van der Waals surface area contributed by atoms with Gasteiger partial charge in [-0.1, -0.05) is 18.2 Å². The summed E-state index contributed by atoms with van der Waals surface area (Å²) in [6.07, 6.45) is 0.768. The van der Waals surface area contributed by atoms with Crippen molar-refractivity contribution in [3.8, 4) is 0 Å². The van der Waals surface area contributed by atoms with Crippen LogP contribution in [0.5, 0.6) is 0 Å². The zero-order chi connectivity index (χ0) is 19.7. The fourth-order valence-corrected chi connectivity index (χ4v) is 3.65. The lowest BCUT2D eigenvalue weighted by atomic mass is 10.1. The van der Waals surface area contributed by atoms with Crippen molar-refractivity contribution < 1.29 is 14.4 Å². The van der Waals surface area contributed by atoms with Crippen LogP contribution in [0.1, 0.15) is 32.7 Å². The summed E-state index contributed by atoms with van der Waals surface area (Å²) in [5.74, 6) is -0.653. The first-order chi connectivity index (χ1) is 13.5. The van der Waals surface area contributed by atoms with Crippen LogP contribution in [-0.4, -0.2) is 37.0 Å². The molecule has 0 aromatic heterocycles. The van der Waals surface area contributed by atoms with Crippen LogP contribution in [0.15, 0.2) is 42.5 Å². The Labute approximate surface area is 162 Å². The Morgan fingerprint density at radius 3 is 2.82 bits per heavy atom. The molecule has 4 rings (SSSR count). The summed E-state index contributed by atoms with van der Waals surface area (Å²) < 4.78 is 0. The highest BCUT2D eigenvalue weighted by atomic mass is 16.2. The van der Waals surface area contributed by atoms with Gasteiger partial charge in [-0.2, -0.15) is 0 Å². The SMILES string of the molecule is NC(=O)c1ccccc1N1CCC(NC(=O)c2ccc3c(c2)NC(=O)NC3)C1. The van der Waals surface area contributed by atoms with Gasteiger partial charge < -0.3 is 26.6 Å². The molecule has 2 aromatic rings. The number of fused-ring (bicyclic) bond motifs is 1. The number of carbonyl (C=O) groups excluding carboxylic acids is 3. The topological polar surface area (TPSA) is 117 Å². The number of benzene rings is 2. The van der Waals surface area contributed by atoms with Crippen molar-refractivity contribution in [3.05, 3.63) is 59.2 Å². The first-order valence-corrected chi connectivity index (χ1v) is 9.13. The van der Waals surface area contributed by atoms with Crippen molar-refractivity contribution in [2.75, 3.05) is 23.3 Å². The van der Waals surface area contributed by atoms with Gasteiger partial charge in [0.25, 0.3) is 11.8 Å². The predicted molar refractivity (Wildman–Crippen MR) is 105 cm³/mol. The lowest BCUT2D eigenvalue weighted by Gasteiger charge is -2.21. The Hall–Kier alpha value is -3.55. The highest BCUT2D eigenvalue weighted by Crippen LogP contribution is 2.25. The van der Waals surface area contributed by atoms with Crippen molar-refractivity contribution in [1.29, 1.82) is 0 Å². The number of primary amides is 1. The third kappa shape index (κ3) is 3.48. The largest absolute Gasteiger partial charge is 0.369 e. The van der Waals surface area contributed by atoms with E-state index < -0.39 is 5.91 Å². The van der Waals surface area contributed by atoms with Crippen LogP contribution in [0, 0.1) is 0 Å². The van der Waals surface area contributed by atoms with Crippen LogP contribution in [0.25, 0.3) is 0 Å². The molecule has 28 heavy (non-hydrogen) atoms. The number of hydrogen-bond donors (Lipinski definition) is 4. The summed E-state index contributed by atoms with van der Waals surface area (Å²) in [4.78, 5) is 37.8. The zero-order valence-electron chi connectivity index (χ0n) is 15.2. The molecule has 1 atom stereocenters. The molecule has 1 fully saturated rings. The highest BCUT2D eigenvalue weighted by Gasteiger charge is 2.27. The average molecular weight is 379 g/mol. The fraction of sp³-hybridized carbons (Fsp3) is 0.250. The number of para-hydroxylation sites is 1. The van der Waals surface area contributed by atoms with E-state index in [0.29, 0.717) is 29.9 Å². The van der Waals surface area contributed by atoms with Gasteiger partial charge in [0, 0.05) is 42.6 Å². The van der Waals surface area contributed by atoms with Gasteiger partial charge in [0.15, 0.2) is 0 Å². The first-order valence-electron chi connectivity index (χ1n) is 9.13. The van der Waals surface area contributed by atoms with Crippen molar-refractivity contribution in [2.24, 2.45) is 5.73 Å². The quantitative estimate of drug-likeness (QED) is 0.643. The van der Waals surface area contributed by atoms with Crippen molar-refractivity contribution in [3.63, 3.8) is 0 Å². The number of nitrogens with zero attached hydrogens (tertiary/aromatic N) is 1. The number of nitrogens with one attached hydrogen (secondary N) is 3. The van der Waals surface area contributed by atoms with Gasteiger partial charge in [0.05, 0.1) is 5.56 Å². The number of rotatable bonds is 4. The number of hydrogen-bond acceptors (Lipinski definition) is 4. The molecule has 0 aliphatic carbocycles. The summed E-state index contributed by atoms with van der Waals surface area (Å²) in [5, 5.41) is 8.44. The maximum absolute atomic E-state index is 12.7. The fourth-order valence-electron chi connectivity index (χ4n) is 3.65. The molecule has 2 aliphatic rings. The Bertz CT molecular complexity index is 959. The Morgan fingerprint density at radius 2 is 2.00 bits per heavy atom. The lowest BCUT2D eigenvalue weighted by Crippen LogP contribution is -2.38. The third-order valence-electron chi connectivity index (χ3n) is 5.09. The van der Waals surface area contributed by atoms with E-state index in [0.717, 1.165) is 24.2 Å². The second kappa shape index (κ2) is 7.22. The monoisotopic (exact) mass is 379 g/mol. The van der Waals surface area contributed by atoms with Crippen molar-refractivity contribution in [1.82, 2.24) is 10.6 Å². The molecule has 8 heteroatoms. The molecule has 2 aromatic carbocycles. The minimum Gasteiger partial charge on any atom is -0.369 e. The van der Waals surface area contributed by atoms with Gasteiger partial charge in [-0.3, -0.25) is 9.59 Å². The van der Waals surface area contributed by atoms with Gasteiger partial charge in [-0.15, -0.1) is 0 Å². The molecular weight excluding hydrogens is 358 g/mol. The highest BCUT2D eigenvalue weighted by molar-refractivity contribution is 5.99. The molecule has 0 bridgehead atoms. The van der Waals surface area contributed by atoms with Gasteiger partial charge in [-0.25, -0.2) is 4.79 Å². The van der Waals surface area contributed by atoms with E-state index >= 15 is 0 Å². The molecule has 0 radical (unpaired) electrons. The summed E-state index contributed by atoms with van der Waals surface area (Å²) in [6.45, 7) is 1.77. The summed E-state index contributed by atoms with van der Waals surface area (Å²) in [7, 11) is 0. The molecule has 0 saturated carbocycles. The Kier molecular flexibility index (Phi) is 4.60. The minimum atomic E-state index is -0.464. The summed E-state index contributed by atoms with van der Waals surface area (Å²) in [6, 6.07) is 12.2. The van der Waals surface area contributed by atoms with Crippen LogP contribution in [0.2, 0.25) is 0 Å². The van der Waals surface area contributed by atoms with Crippen molar-refractivity contribution >= 4 is 29.2 Å². The lowest BCUT2D eigenvalue weighted by molar-refractivity contribution is 0.0939. The Balaban J connectivity index is 1.44. The Morgan fingerprint density at radius 1 is 1.18 bits per heavy atom. The van der Waals surface area contributed by atoms with Crippen LogP contribution in [-0.2, 0) is 6.54 Å². The standard InChI is InChI=1S/C20H21N5O3/c21-18(26)15-3-1-2-4-17(15)25-8-7-14(11-25)23-19(27)12-5-6-13-10-22-20(28)24-16(13)9-12/h1-6,9,14H,7-8,10-11H2,(H2,21,26)(H,23,27)(H2,22,24,28). The second-order valence-electron chi connectivity index (χ2n) is 6.97. The number of carbonyl (C=O) groups is 3. The van der Waals surface area contributed by atoms with Gasteiger partial charge in [0.1, 0.15) is 0 Å². The molecule has 5 N–H and O–H groups in total. The van der Waals surface area contributed by atoms with E-state index in [4.69, 9.17) is 5.73 Å². The van der Waals surface area contributed by atoms with Gasteiger partial charge >= 0.3 is 6.03 Å². The number of urea groups is 1. The molecule has 0 spiro atoms. The average Bonchev–Trinajstić information content (AvgIpc) is 3.15. The molecular formula is C20H21N5O3. The van der Waals surface area contributed by atoms with E-state index in [1.165, 1.54) is 0 Å². The molecule has 8 nitrogen and oxygen atoms in total. The number of nitrogens with two attached hydrogens (primary N) is 1. The summed E-state index contributed by atoms with van der Waals surface area (Å²) >= 11 is 0. The molecule has 1 unspecified atom stereocenters. The molecule has 2 aliphatic heterocycles. The van der Waals surface area contributed by atoms with Crippen LogP contribution < -0.4 is 26.6 Å². The van der Waals surface area contributed by atoms with Gasteiger partial charge in [0.2, 0.25) is 0 Å². The number of anilines is 2.